The zero-order valence-electron chi connectivity index (χ0n) is 32.0. The maximum Gasteiger partial charge on any atom is 0.345 e. The van der Waals surface area contributed by atoms with Crippen LogP contribution in [0.1, 0.15) is 85.1 Å². The van der Waals surface area contributed by atoms with Crippen molar-refractivity contribution in [3.8, 4) is 0 Å². The molecule has 48 heavy (non-hydrogen) atoms. The van der Waals surface area contributed by atoms with E-state index in [1.165, 1.54) is 11.1 Å². The van der Waals surface area contributed by atoms with E-state index in [1.807, 2.05) is 34.3 Å². The van der Waals surface area contributed by atoms with Gasteiger partial charge in [-0.05, 0) is 103 Å². The van der Waals surface area contributed by atoms with Crippen LogP contribution in [-0.4, -0.2) is 84.7 Å². The molecule has 0 radical (unpaired) electrons. The SMILES string of the molecule is C[C@@H]1CC=C2[C@@H]([C@H](OP(=O)(N(C)C)N(C)C)CC[C@@]2(C)COCc2ccccc2)[C@@]1(CCOC1CCCCO1)CO[Si](C)(C)C(C)(C)C. The Morgan fingerprint density at radius 2 is 1.71 bits per heavy atom. The molecule has 0 bridgehead atoms. The molecule has 2 fully saturated rings. The van der Waals surface area contributed by atoms with Gasteiger partial charge < -0.3 is 23.2 Å². The summed E-state index contributed by atoms with van der Waals surface area (Å²) in [6.07, 6.45) is 8.71. The molecule has 1 heterocycles. The molecule has 1 aromatic rings. The fourth-order valence-electron chi connectivity index (χ4n) is 7.67. The van der Waals surface area contributed by atoms with Crippen molar-refractivity contribution in [3.05, 3.63) is 47.5 Å². The third kappa shape index (κ3) is 8.94. The smallest absolute Gasteiger partial charge is 0.345 e. The summed E-state index contributed by atoms with van der Waals surface area (Å²) in [5.41, 5.74) is 2.08. The standard InChI is InChI=1S/C38H67N2O6PSi/c1-30-20-21-32-35(38(30,29-45-48(10,11)36(2,3)4)24-26-44-34-19-15-16-25-43-34)33(46-47(41,39(6)7)40(8)9)22-23-37(32,5)28-42-27-31-17-13-12-14-18-31/h12-14,17-18,21,30,33-35H,15-16,19-20,22-29H2,1-11H3/t30-,33-,34?,35+,37+,38+/m1/s1. The summed E-state index contributed by atoms with van der Waals surface area (Å²) in [6, 6.07) is 10.4. The van der Waals surface area contributed by atoms with Gasteiger partial charge in [0, 0.05) is 30.0 Å². The van der Waals surface area contributed by atoms with E-state index < -0.39 is 16.0 Å². The number of allylic oxidation sites excluding steroid dienone is 1. The molecular weight excluding hydrogens is 639 g/mol. The molecule has 1 saturated heterocycles. The molecule has 3 aliphatic rings. The van der Waals surface area contributed by atoms with Gasteiger partial charge in [0.25, 0.3) is 0 Å². The van der Waals surface area contributed by atoms with Crippen LogP contribution in [0.2, 0.25) is 18.1 Å². The van der Waals surface area contributed by atoms with Crippen molar-refractivity contribution in [1.29, 1.82) is 0 Å². The number of hydrogen-bond donors (Lipinski definition) is 0. The van der Waals surface area contributed by atoms with Crippen molar-refractivity contribution < 1.29 is 27.7 Å². The molecule has 0 N–H and O–H groups in total. The van der Waals surface area contributed by atoms with Gasteiger partial charge in [-0.1, -0.05) is 76.6 Å². The van der Waals surface area contributed by atoms with Crippen molar-refractivity contribution in [1.82, 2.24) is 9.34 Å². The van der Waals surface area contributed by atoms with Gasteiger partial charge in [0.05, 0.1) is 25.9 Å². The van der Waals surface area contributed by atoms with Crippen LogP contribution < -0.4 is 0 Å². The summed E-state index contributed by atoms with van der Waals surface area (Å²) in [5, 5.41) is 0.0744. The highest BCUT2D eigenvalue weighted by Crippen LogP contribution is 2.63. The quantitative estimate of drug-likeness (QED) is 0.102. The van der Waals surface area contributed by atoms with Gasteiger partial charge in [0.2, 0.25) is 0 Å². The summed E-state index contributed by atoms with van der Waals surface area (Å²) in [7, 11) is 2.04. The predicted octanol–water partition coefficient (Wildman–Crippen LogP) is 9.14. The molecule has 10 heteroatoms. The second-order valence-electron chi connectivity index (χ2n) is 16.9. The van der Waals surface area contributed by atoms with Crippen molar-refractivity contribution in [3.63, 3.8) is 0 Å². The Labute approximate surface area is 293 Å². The predicted molar refractivity (Wildman–Crippen MR) is 198 cm³/mol. The molecule has 4 rings (SSSR count). The van der Waals surface area contributed by atoms with Gasteiger partial charge in [-0.2, -0.15) is 0 Å². The van der Waals surface area contributed by atoms with E-state index in [1.54, 1.807) is 9.34 Å². The van der Waals surface area contributed by atoms with Gasteiger partial charge in [0.1, 0.15) is 0 Å². The Hall–Kier alpha value is -0.873. The van der Waals surface area contributed by atoms with Crippen molar-refractivity contribution >= 4 is 16.0 Å². The zero-order valence-corrected chi connectivity index (χ0v) is 33.9. The van der Waals surface area contributed by atoms with Crippen LogP contribution in [0.15, 0.2) is 42.0 Å². The molecule has 1 aromatic carbocycles. The first kappa shape index (κ1) is 39.9. The minimum absolute atomic E-state index is 0.00538. The molecule has 6 atom stereocenters. The fourth-order valence-corrected chi connectivity index (χ4v) is 10.4. The lowest BCUT2D eigenvalue weighted by molar-refractivity contribution is -0.173. The van der Waals surface area contributed by atoms with Crippen LogP contribution in [-0.2, 0) is 34.3 Å². The Kier molecular flexibility index (Phi) is 13.5. The van der Waals surface area contributed by atoms with Crippen LogP contribution in [0.4, 0.5) is 0 Å². The monoisotopic (exact) mass is 706 g/mol. The van der Waals surface area contributed by atoms with E-state index in [-0.39, 0.29) is 34.2 Å². The van der Waals surface area contributed by atoms with Crippen molar-refractivity contribution in [2.24, 2.45) is 22.7 Å². The van der Waals surface area contributed by atoms with E-state index in [2.05, 4.69) is 78.1 Å². The van der Waals surface area contributed by atoms with E-state index in [0.29, 0.717) is 32.3 Å². The normalized spacial score (nSPS) is 30.4. The second-order valence-corrected chi connectivity index (χ2v) is 24.5. The molecule has 0 amide bonds. The Balaban J connectivity index is 1.75. The minimum Gasteiger partial charge on any atom is -0.416 e. The Morgan fingerprint density at radius 3 is 2.31 bits per heavy atom. The van der Waals surface area contributed by atoms with Crippen LogP contribution in [0.5, 0.6) is 0 Å². The topological polar surface area (TPSA) is 69.7 Å². The maximum absolute atomic E-state index is 14.5. The highest BCUT2D eigenvalue weighted by Gasteiger charge is 2.58. The third-order valence-electron chi connectivity index (χ3n) is 12.0. The van der Waals surface area contributed by atoms with E-state index in [9.17, 15) is 4.57 Å². The molecule has 274 valence electrons. The molecule has 2 aliphatic carbocycles. The average molecular weight is 707 g/mol. The number of nitrogens with zero attached hydrogens (tertiary/aromatic N) is 2. The zero-order chi connectivity index (χ0) is 35.4. The van der Waals surface area contributed by atoms with E-state index in [0.717, 1.165) is 51.6 Å². The van der Waals surface area contributed by atoms with Crippen molar-refractivity contribution in [2.75, 3.05) is 54.6 Å². The molecule has 1 aliphatic heterocycles. The maximum atomic E-state index is 14.5. The number of ether oxygens (including phenoxy) is 3. The third-order valence-corrected chi connectivity index (χ3v) is 19.1. The van der Waals surface area contributed by atoms with Gasteiger partial charge in [0.15, 0.2) is 14.6 Å². The first-order valence-electron chi connectivity index (χ1n) is 18.3. The summed E-state index contributed by atoms with van der Waals surface area (Å²) >= 11 is 0. The lowest BCUT2D eigenvalue weighted by atomic mass is 9.50. The van der Waals surface area contributed by atoms with Crippen LogP contribution in [0.3, 0.4) is 0 Å². The molecule has 1 unspecified atom stereocenters. The van der Waals surface area contributed by atoms with E-state index in [4.69, 9.17) is 23.2 Å². The lowest BCUT2D eigenvalue weighted by Gasteiger charge is -2.58. The largest absolute Gasteiger partial charge is 0.416 e. The van der Waals surface area contributed by atoms with Crippen LogP contribution in [0, 0.1) is 22.7 Å². The number of rotatable bonds is 15. The van der Waals surface area contributed by atoms with Crippen molar-refractivity contribution in [2.45, 2.75) is 117 Å². The number of benzene rings is 1. The van der Waals surface area contributed by atoms with Crippen LogP contribution in [0.25, 0.3) is 0 Å². The second kappa shape index (κ2) is 16.2. The summed E-state index contributed by atoms with van der Waals surface area (Å²) in [6.45, 7) is 19.5. The first-order chi connectivity index (χ1) is 22.5. The summed E-state index contributed by atoms with van der Waals surface area (Å²) < 4.78 is 51.2. The highest BCUT2D eigenvalue weighted by molar-refractivity contribution is 7.53. The van der Waals surface area contributed by atoms with Crippen LogP contribution >= 0.6 is 7.67 Å². The fraction of sp³-hybridized carbons (Fsp3) is 0.789. The number of fused-ring (bicyclic) bond motifs is 1. The Bertz CT molecular complexity index is 1240. The average Bonchev–Trinajstić information content (AvgIpc) is 3.03. The molecular formula is C38H67N2O6PSi. The molecule has 0 aromatic heterocycles. The highest BCUT2D eigenvalue weighted by atomic mass is 31.2. The Morgan fingerprint density at radius 1 is 1.02 bits per heavy atom. The summed E-state index contributed by atoms with van der Waals surface area (Å²) in [5.74, 6) is 0.304. The van der Waals surface area contributed by atoms with Gasteiger partial charge >= 0.3 is 7.67 Å². The first-order valence-corrected chi connectivity index (χ1v) is 22.7. The molecule has 0 spiro atoms. The summed E-state index contributed by atoms with van der Waals surface area (Å²) in [4.78, 5) is 0. The van der Waals surface area contributed by atoms with Gasteiger partial charge in [-0.15, -0.1) is 0 Å². The van der Waals surface area contributed by atoms with E-state index >= 15 is 0 Å². The molecule has 8 nitrogen and oxygen atoms in total. The number of hydrogen-bond acceptors (Lipinski definition) is 6. The van der Waals surface area contributed by atoms with Gasteiger partial charge in [-0.25, -0.2) is 9.34 Å². The van der Waals surface area contributed by atoms with Gasteiger partial charge in [-0.3, -0.25) is 4.57 Å². The minimum atomic E-state index is -3.28. The molecule has 1 saturated carbocycles. The lowest BCUT2D eigenvalue weighted by Crippen LogP contribution is -2.57.